The quantitative estimate of drug-likeness (QED) is 0.847. The summed E-state index contributed by atoms with van der Waals surface area (Å²) in [7, 11) is 1.98. The van der Waals surface area contributed by atoms with Crippen molar-refractivity contribution in [1.29, 1.82) is 0 Å². The first-order valence-electron chi connectivity index (χ1n) is 7.29. The molecule has 2 bridgehead atoms. The normalized spacial score (nSPS) is 30.8. The lowest BCUT2D eigenvalue weighted by Crippen LogP contribution is -2.23. The molecule has 4 unspecified atom stereocenters. The second-order valence-corrected chi connectivity index (χ2v) is 7.03. The van der Waals surface area contributed by atoms with E-state index in [2.05, 4.69) is 21.2 Å². The number of hydrogen-bond acceptors (Lipinski definition) is 1. The fraction of sp³-hybridized carbons (Fsp3) is 0.625. The molecule has 2 saturated carbocycles. The van der Waals surface area contributed by atoms with E-state index in [1.807, 2.05) is 13.1 Å². The van der Waals surface area contributed by atoms with Gasteiger partial charge in [0.25, 0.3) is 0 Å². The lowest BCUT2D eigenvalue weighted by Gasteiger charge is -2.27. The minimum absolute atomic E-state index is 0.147. The smallest absolute Gasteiger partial charge is 0.123 e. The number of fused-ring (bicyclic) bond motifs is 2. The van der Waals surface area contributed by atoms with Gasteiger partial charge in [-0.25, -0.2) is 4.39 Å². The van der Waals surface area contributed by atoms with Crippen LogP contribution in [0.4, 0.5) is 4.39 Å². The molecular formula is C16H21BrFN. The Hall–Kier alpha value is -0.410. The average molecular weight is 326 g/mol. The highest BCUT2D eigenvalue weighted by atomic mass is 79.9. The summed E-state index contributed by atoms with van der Waals surface area (Å²) in [5.41, 5.74) is 1.06. The van der Waals surface area contributed by atoms with Crippen LogP contribution < -0.4 is 5.32 Å². The van der Waals surface area contributed by atoms with Crippen LogP contribution in [-0.2, 0) is 0 Å². The molecule has 0 spiro atoms. The molecule has 0 radical (unpaired) electrons. The average Bonchev–Trinajstić information content (AvgIpc) is 3.01. The van der Waals surface area contributed by atoms with E-state index in [1.54, 1.807) is 6.07 Å². The molecule has 19 heavy (non-hydrogen) atoms. The van der Waals surface area contributed by atoms with Crippen molar-refractivity contribution in [2.75, 3.05) is 7.05 Å². The van der Waals surface area contributed by atoms with Gasteiger partial charge < -0.3 is 5.32 Å². The first-order valence-corrected chi connectivity index (χ1v) is 8.09. The van der Waals surface area contributed by atoms with Crippen LogP contribution in [-0.4, -0.2) is 7.05 Å². The molecule has 2 aliphatic rings. The molecule has 3 heteroatoms. The monoisotopic (exact) mass is 325 g/mol. The molecular weight excluding hydrogens is 305 g/mol. The lowest BCUT2D eigenvalue weighted by molar-refractivity contribution is 0.283. The van der Waals surface area contributed by atoms with Crippen molar-refractivity contribution >= 4 is 15.9 Å². The molecule has 0 amide bonds. The summed E-state index contributed by atoms with van der Waals surface area (Å²) < 4.78 is 14.5. The molecule has 0 saturated heterocycles. The Kier molecular flexibility index (Phi) is 3.95. The van der Waals surface area contributed by atoms with Crippen LogP contribution in [0.15, 0.2) is 22.7 Å². The van der Waals surface area contributed by atoms with Gasteiger partial charge in [-0.1, -0.05) is 22.4 Å². The summed E-state index contributed by atoms with van der Waals surface area (Å²) in [6.07, 6.45) is 6.81. The molecule has 0 aliphatic heterocycles. The summed E-state index contributed by atoms with van der Waals surface area (Å²) in [6, 6.07) is 5.25. The van der Waals surface area contributed by atoms with E-state index < -0.39 is 0 Å². The maximum atomic E-state index is 13.5. The van der Waals surface area contributed by atoms with Crippen molar-refractivity contribution in [2.45, 2.75) is 38.1 Å². The molecule has 2 aliphatic carbocycles. The van der Waals surface area contributed by atoms with Gasteiger partial charge in [-0.15, -0.1) is 0 Å². The summed E-state index contributed by atoms with van der Waals surface area (Å²) in [5, 5.41) is 3.38. The maximum absolute atomic E-state index is 13.5. The van der Waals surface area contributed by atoms with Crippen LogP contribution in [0.1, 0.15) is 43.7 Å². The Morgan fingerprint density at radius 1 is 1.37 bits per heavy atom. The van der Waals surface area contributed by atoms with E-state index >= 15 is 0 Å². The second-order valence-electron chi connectivity index (χ2n) is 6.18. The van der Waals surface area contributed by atoms with Crippen molar-refractivity contribution in [3.05, 3.63) is 34.1 Å². The zero-order chi connectivity index (χ0) is 13.4. The van der Waals surface area contributed by atoms with E-state index in [1.165, 1.54) is 31.7 Å². The highest BCUT2D eigenvalue weighted by molar-refractivity contribution is 9.10. The van der Waals surface area contributed by atoms with Gasteiger partial charge in [-0.2, -0.15) is 0 Å². The Labute approximate surface area is 123 Å². The fourth-order valence-corrected chi connectivity index (χ4v) is 4.67. The van der Waals surface area contributed by atoms with Crippen LogP contribution >= 0.6 is 15.9 Å². The Bertz CT molecular complexity index is 462. The first kappa shape index (κ1) is 13.6. The minimum atomic E-state index is -0.147. The van der Waals surface area contributed by atoms with Crippen molar-refractivity contribution in [1.82, 2.24) is 5.32 Å². The van der Waals surface area contributed by atoms with E-state index in [4.69, 9.17) is 0 Å². The van der Waals surface area contributed by atoms with Crippen LogP contribution in [0.5, 0.6) is 0 Å². The van der Waals surface area contributed by atoms with E-state index in [-0.39, 0.29) is 11.9 Å². The molecule has 1 N–H and O–H groups in total. The highest BCUT2D eigenvalue weighted by Crippen LogP contribution is 2.51. The van der Waals surface area contributed by atoms with Gasteiger partial charge in [-0.05, 0) is 74.2 Å². The van der Waals surface area contributed by atoms with Gasteiger partial charge in [0.15, 0.2) is 0 Å². The Morgan fingerprint density at radius 2 is 2.21 bits per heavy atom. The standard InChI is InChI=1S/C16H21BrFN/c1-19-16(14-9-13(18)4-5-15(14)17)8-12-7-10-2-3-11(12)6-10/h4-5,9-12,16,19H,2-3,6-8H2,1H3. The maximum Gasteiger partial charge on any atom is 0.123 e. The molecule has 3 rings (SSSR count). The SMILES string of the molecule is CNC(CC1CC2CCC1C2)c1cc(F)ccc1Br. The molecule has 2 fully saturated rings. The van der Waals surface area contributed by atoms with Crippen molar-refractivity contribution in [3.63, 3.8) is 0 Å². The topological polar surface area (TPSA) is 12.0 Å². The minimum Gasteiger partial charge on any atom is -0.313 e. The van der Waals surface area contributed by atoms with E-state index in [9.17, 15) is 4.39 Å². The van der Waals surface area contributed by atoms with E-state index in [0.29, 0.717) is 0 Å². The predicted molar refractivity (Wildman–Crippen MR) is 79.5 cm³/mol. The summed E-state index contributed by atoms with van der Waals surface area (Å²) in [5.74, 6) is 2.58. The van der Waals surface area contributed by atoms with Gasteiger partial charge in [-0.3, -0.25) is 0 Å². The predicted octanol–water partition coefficient (Wildman–Crippen LogP) is 4.68. The molecule has 0 heterocycles. The molecule has 1 aromatic rings. The number of nitrogens with one attached hydrogen (secondary N) is 1. The van der Waals surface area contributed by atoms with Gasteiger partial charge >= 0.3 is 0 Å². The molecule has 1 nitrogen and oxygen atoms in total. The lowest BCUT2D eigenvalue weighted by atomic mass is 9.83. The zero-order valence-corrected chi connectivity index (χ0v) is 12.9. The van der Waals surface area contributed by atoms with Crippen molar-refractivity contribution in [3.8, 4) is 0 Å². The third-order valence-corrected chi connectivity index (χ3v) is 5.83. The Morgan fingerprint density at radius 3 is 2.84 bits per heavy atom. The molecule has 0 aromatic heterocycles. The third kappa shape index (κ3) is 2.73. The second kappa shape index (κ2) is 5.53. The molecule has 4 atom stereocenters. The van der Waals surface area contributed by atoms with Crippen LogP contribution in [0.2, 0.25) is 0 Å². The van der Waals surface area contributed by atoms with Crippen molar-refractivity contribution < 1.29 is 4.39 Å². The van der Waals surface area contributed by atoms with Gasteiger partial charge in [0.2, 0.25) is 0 Å². The van der Waals surface area contributed by atoms with E-state index in [0.717, 1.165) is 34.2 Å². The summed E-state index contributed by atoms with van der Waals surface area (Å²) in [6.45, 7) is 0. The number of benzene rings is 1. The highest BCUT2D eigenvalue weighted by Gasteiger charge is 2.40. The Balaban J connectivity index is 1.75. The van der Waals surface area contributed by atoms with Crippen LogP contribution in [0, 0.1) is 23.6 Å². The van der Waals surface area contributed by atoms with Gasteiger partial charge in [0.1, 0.15) is 5.82 Å². The fourth-order valence-electron chi connectivity index (χ4n) is 4.15. The number of hydrogen-bond donors (Lipinski definition) is 1. The van der Waals surface area contributed by atoms with Crippen molar-refractivity contribution in [2.24, 2.45) is 17.8 Å². The zero-order valence-electron chi connectivity index (χ0n) is 11.3. The van der Waals surface area contributed by atoms with Gasteiger partial charge in [0.05, 0.1) is 0 Å². The summed E-state index contributed by atoms with van der Waals surface area (Å²) >= 11 is 3.56. The molecule has 104 valence electrons. The molecule has 1 aromatic carbocycles. The largest absolute Gasteiger partial charge is 0.313 e. The van der Waals surface area contributed by atoms with Gasteiger partial charge in [0, 0.05) is 10.5 Å². The van der Waals surface area contributed by atoms with Crippen LogP contribution in [0.3, 0.4) is 0 Å². The van der Waals surface area contributed by atoms with Crippen LogP contribution in [0.25, 0.3) is 0 Å². The number of halogens is 2. The first-order chi connectivity index (χ1) is 9.17. The summed E-state index contributed by atoms with van der Waals surface area (Å²) in [4.78, 5) is 0. The third-order valence-electron chi connectivity index (χ3n) is 5.10. The number of rotatable bonds is 4.